The molecule has 0 aliphatic rings. The molecule has 0 amide bonds. The minimum absolute atomic E-state index is 0.307. The van der Waals surface area contributed by atoms with E-state index >= 15 is 0 Å². The van der Waals surface area contributed by atoms with Crippen molar-refractivity contribution in [3.63, 3.8) is 0 Å². The van der Waals surface area contributed by atoms with Gasteiger partial charge in [-0.3, -0.25) is 0 Å². The Morgan fingerprint density at radius 2 is 1.77 bits per heavy atom. The van der Waals surface area contributed by atoms with Crippen molar-refractivity contribution >= 4 is 23.4 Å². The lowest BCUT2D eigenvalue weighted by Gasteiger charge is -2.02. The molecule has 22 heavy (non-hydrogen) atoms. The summed E-state index contributed by atoms with van der Waals surface area (Å²) in [6, 6.07) is 13.2. The fourth-order valence-corrected chi connectivity index (χ4v) is 1.95. The highest BCUT2D eigenvalue weighted by atomic mass is 35.5. The third kappa shape index (κ3) is 3.29. The topological polar surface area (TPSA) is 55.6 Å². The van der Waals surface area contributed by atoms with Crippen LogP contribution in [-0.4, -0.2) is 20.2 Å². The average molecular weight is 316 g/mol. The van der Waals surface area contributed by atoms with E-state index in [1.807, 2.05) is 12.1 Å². The molecule has 1 heterocycles. The van der Waals surface area contributed by atoms with Gasteiger partial charge in [0.2, 0.25) is 0 Å². The van der Waals surface area contributed by atoms with Crippen LogP contribution in [0.4, 0.5) is 10.1 Å². The molecular weight excluding hydrogens is 305 g/mol. The van der Waals surface area contributed by atoms with Gasteiger partial charge in [-0.1, -0.05) is 11.6 Å². The second-order valence-corrected chi connectivity index (χ2v) is 4.85. The Morgan fingerprint density at radius 1 is 1.05 bits per heavy atom. The maximum atomic E-state index is 13.0. The van der Waals surface area contributed by atoms with Crippen LogP contribution in [0.3, 0.4) is 0 Å². The van der Waals surface area contributed by atoms with Crippen molar-refractivity contribution in [3.05, 3.63) is 71.4 Å². The maximum absolute atomic E-state index is 13.0. The van der Waals surface area contributed by atoms with Gasteiger partial charge in [0.15, 0.2) is 5.82 Å². The Morgan fingerprint density at radius 3 is 2.50 bits per heavy atom. The van der Waals surface area contributed by atoms with Crippen LogP contribution in [0.15, 0.2) is 54.7 Å². The zero-order valence-corrected chi connectivity index (χ0v) is 12.1. The van der Waals surface area contributed by atoms with Crippen LogP contribution in [0, 0.1) is 5.82 Å². The molecule has 3 rings (SSSR count). The van der Waals surface area contributed by atoms with Crippen molar-refractivity contribution in [1.82, 2.24) is 20.2 Å². The number of aromatic nitrogens is 4. The zero-order valence-electron chi connectivity index (χ0n) is 11.3. The third-order valence-corrected chi connectivity index (χ3v) is 3.14. The third-order valence-electron chi connectivity index (χ3n) is 2.89. The highest BCUT2D eigenvalue weighted by Crippen LogP contribution is 2.14. The second kappa shape index (κ2) is 6.36. The Hall–Kier alpha value is -2.73. The number of nitrogens with zero attached hydrogens (tertiary/aromatic N) is 4. The fraction of sp³-hybridized carbons (Fsp3) is 0. The molecule has 3 aromatic rings. The number of rotatable bonds is 4. The van der Waals surface area contributed by atoms with Crippen molar-refractivity contribution in [3.8, 4) is 5.69 Å². The molecule has 0 bridgehead atoms. The SMILES string of the molecule is Fc1ccc(-n2nnnc2C=CNc2ccc(Cl)cc2)cc1. The summed E-state index contributed by atoms with van der Waals surface area (Å²) in [6.45, 7) is 0. The Balaban J connectivity index is 1.76. The molecule has 5 nitrogen and oxygen atoms in total. The first-order valence-corrected chi connectivity index (χ1v) is 6.83. The minimum atomic E-state index is -0.307. The predicted molar refractivity (Wildman–Crippen MR) is 83.2 cm³/mol. The summed E-state index contributed by atoms with van der Waals surface area (Å²) >= 11 is 5.82. The molecule has 0 atom stereocenters. The van der Waals surface area contributed by atoms with Gasteiger partial charge in [-0.2, -0.15) is 4.68 Å². The summed E-state index contributed by atoms with van der Waals surface area (Å²) in [6.07, 6.45) is 3.44. The summed E-state index contributed by atoms with van der Waals surface area (Å²) < 4.78 is 14.5. The number of halogens is 2. The number of tetrazole rings is 1. The molecule has 0 saturated carbocycles. The van der Waals surface area contributed by atoms with E-state index in [0.29, 0.717) is 16.5 Å². The van der Waals surface area contributed by atoms with E-state index in [9.17, 15) is 4.39 Å². The van der Waals surface area contributed by atoms with Crippen LogP contribution in [0.1, 0.15) is 5.82 Å². The van der Waals surface area contributed by atoms with Crippen molar-refractivity contribution in [2.75, 3.05) is 5.32 Å². The van der Waals surface area contributed by atoms with Crippen LogP contribution in [0.25, 0.3) is 11.8 Å². The van der Waals surface area contributed by atoms with Crippen LogP contribution in [0.2, 0.25) is 5.02 Å². The predicted octanol–water partition coefficient (Wildman–Crippen LogP) is 3.54. The average Bonchev–Trinajstić information content (AvgIpc) is 2.98. The van der Waals surface area contributed by atoms with Crippen molar-refractivity contribution in [1.29, 1.82) is 0 Å². The molecule has 7 heteroatoms. The molecule has 0 aliphatic heterocycles. The van der Waals surface area contributed by atoms with Gasteiger partial charge in [0.25, 0.3) is 0 Å². The lowest BCUT2D eigenvalue weighted by Crippen LogP contribution is -2.00. The van der Waals surface area contributed by atoms with Crippen LogP contribution in [-0.2, 0) is 0 Å². The van der Waals surface area contributed by atoms with Crippen molar-refractivity contribution in [2.45, 2.75) is 0 Å². The molecule has 0 aliphatic carbocycles. The largest absolute Gasteiger partial charge is 0.362 e. The Labute approximate surface area is 131 Å². The minimum Gasteiger partial charge on any atom is -0.362 e. The summed E-state index contributed by atoms with van der Waals surface area (Å²) in [7, 11) is 0. The highest BCUT2D eigenvalue weighted by molar-refractivity contribution is 6.30. The number of hydrogen-bond acceptors (Lipinski definition) is 4. The molecule has 1 N–H and O–H groups in total. The Kier molecular flexibility index (Phi) is 4.11. The molecule has 1 aromatic heterocycles. The first-order valence-electron chi connectivity index (χ1n) is 6.45. The molecule has 0 fully saturated rings. The monoisotopic (exact) mass is 315 g/mol. The van der Waals surface area contributed by atoms with E-state index < -0.39 is 0 Å². The van der Waals surface area contributed by atoms with E-state index in [1.165, 1.54) is 16.8 Å². The lowest BCUT2D eigenvalue weighted by molar-refractivity contribution is 0.626. The molecular formula is C15H11ClFN5. The summed E-state index contributed by atoms with van der Waals surface area (Å²) in [5.74, 6) is 0.214. The lowest BCUT2D eigenvalue weighted by atomic mass is 10.3. The highest BCUT2D eigenvalue weighted by Gasteiger charge is 2.05. The molecule has 0 spiro atoms. The van der Waals surface area contributed by atoms with Gasteiger partial charge in [0.05, 0.1) is 5.69 Å². The second-order valence-electron chi connectivity index (χ2n) is 4.41. The van der Waals surface area contributed by atoms with Crippen LogP contribution in [0.5, 0.6) is 0 Å². The first kappa shape index (κ1) is 14.2. The van der Waals surface area contributed by atoms with Crippen molar-refractivity contribution in [2.24, 2.45) is 0 Å². The van der Waals surface area contributed by atoms with Crippen molar-refractivity contribution < 1.29 is 4.39 Å². The molecule has 0 saturated heterocycles. The summed E-state index contributed by atoms with van der Waals surface area (Å²) in [4.78, 5) is 0. The Bertz CT molecular complexity index is 780. The van der Waals surface area contributed by atoms with E-state index in [4.69, 9.17) is 11.6 Å². The van der Waals surface area contributed by atoms with Gasteiger partial charge in [0, 0.05) is 23.0 Å². The number of benzene rings is 2. The molecule has 2 aromatic carbocycles. The van der Waals surface area contributed by atoms with Crippen LogP contribution < -0.4 is 5.32 Å². The first-order chi connectivity index (χ1) is 10.7. The fourth-order valence-electron chi connectivity index (χ4n) is 1.82. The number of nitrogens with one attached hydrogen (secondary N) is 1. The standard InChI is InChI=1S/C15H11ClFN5/c16-11-1-5-13(6-2-11)18-10-9-15-19-20-21-22(15)14-7-3-12(17)4-8-14/h1-10,18H. The van der Waals surface area contributed by atoms with Gasteiger partial charge >= 0.3 is 0 Å². The molecule has 110 valence electrons. The number of hydrogen-bond donors (Lipinski definition) is 1. The van der Waals surface area contributed by atoms with E-state index in [-0.39, 0.29) is 5.82 Å². The molecule has 0 radical (unpaired) electrons. The smallest absolute Gasteiger partial charge is 0.181 e. The van der Waals surface area contributed by atoms with E-state index in [1.54, 1.807) is 36.5 Å². The van der Waals surface area contributed by atoms with E-state index in [0.717, 1.165) is 5.69 Å². The van der Waals surface area contributed by atoms with Gasteiger partial charge in [-0.25, -0.2) is 4.39 Å². The van der Waals surface area contributed by atoms with E-state index in [2.05, 4.69) is 20.8 Å². The van der Waals surface area contributed by atoms with Gasteiger partial charge in [-0.05, 0) is 59.0 Å². The van der Waals surface area contributed by atoms with Crippen LogP contribution >= 0.6 is 11.6 Å². The zero-order chi connectivity index (χ0) is 15.4. The maximum Gasteiger partial charge on any atom is 0.181 e. The molecule has 0 unspecified atom stereocenters. The van der Waals surface area contributed by atoms with Gasteiger partial charge in [0.1, 0.15) is 5.82 Å². The van der Waals surface area contributed by atoms with Gasteiger partial charge < -0.3 is 5.32 Å². The quantitative estimate of drug-likeness (QED) is 0.800. The normalized spacial score (nSPS) is 11.0. The number of anilines is 1. The van der Waals surface area contributed by atoms with Gasteiger partial charge in [-0.15, -0.1) is 5.10 Å². The summed E-state index contributed by atoms with van der Waals surface area (Å²) in [5.41, 5.74) is 1.57. The summed E-state index contributed by atoms with van der Waals surface area (Å²) in [5, 5.41) is 15.2.